The summed E-state index contributed by atoms with van der Waals surface area (Å²) in [4.78, 5) is 17.4. The van der Waals surface area contributed by atoms with Crippen molar-refractivity contribution in [1.82, 2.24) is 10.2 Å². The Morgan fingerprint density at radius 2 is 2.24 bits per heavy atom. The number of hydrogen-bond donors (Lipinski definition) is 1. The number of thioether (sulfide) groups is 1. The lowest BCUT2D eigenvalue weighted by molar-refractivity contribution is -0.133. The van der Waals surface area contributed by atoms with Crippen molar-refractivity contribution < 1.29 is 4.79 Å². The Balaban J connectivity index is 2.25. The van der Waals surface area contributed by atoms with Gasteiger partial charge in [-0.2, -0.15) is 11.8 Å². The molecule has 5 heteroatoms. The molecule has 0 spiro atoms. The molecular formula is C16H26N2OS2. The highest BCUT2D eigenvalue weighted by atomic mass is 32.2. The molecule has 1 aromatic heterocycles. The molecule has 0 radical (unpaired) electrons. The van der Waals surface area contributed by atoms with Crippen molar-refractivity contribution in [3.05, 3.63) is 21.9 Å². The van der Waals surface area contributed by atoms with Crippen molar-refractivity contribution in [2.45, 2.75) is 45.8 Å². The molecule has 1 fully saturated rings. The van der Waals surface area contributed by atoms with Crippen LogP contribution >= 0.6 is 23.1 Å². The number of thiophene rings is 1. The molecule has 1 aromatic rings. The fourth-order valence-corrected chi connectivity index (χ4v) is 4.43. The third-order valence-electron chi connectivity index (χ3n) is 4.20. The molecule has 2 rings (SSSR count). The maximum Gasteiger partial charge on any atom is 0.244 e. The maximum atomic E-state index is 12.8. The Morgan fingerprint density at radius 3 is 2.76 bits per heavy atom. The molecule has 1 N–H and O–H groups in total. The average Bonchev–Trinajstić information content (AvgIpc) is 2.97. The van der Waals surface area contributed by atoms with Crippen LogP contribution in [0.1, 0.15) is 43.1 Å². The van der Waals surface area contributed by atoms with Gasteiger partial charge in [0.15, 0.2) is 0 Å². The van der Waals surface area contributed by atoms with E-state index in [9.17, 15) is 4.79 Å². The monoisotopic (exact) mass is 326 g/mol. The summed E-state index contributed by atoms with van der Waals surface area (Å²) in [5.74, 6) is 1.84. The quantitative estimate of drug-likeness (QED) is 0.866. The minimum Gasteiger partial charge on any atom is -0.320 e. The summed E-state index contributed by atoms with van der Waals surface area (Å²) in [6.07, 6.45) is 2.97. The van der Waals surface area contributed by atoms with Gasteiger partial charge in [0.25, 0.3) is 0 Å². The van der Waals surface area contributed by atoms with Crippen LogP contribution < -0.4 is 5.32 Å². The standard InChI is InChI=1S/C16H26N2OS2/c1-6-16(4)15(19)18(9-11(2)10-20-5)14(17-16)13-8-7-12(3)21-13/h7-8,11,14,17H,6,9-10H2,1-5H3. The summed E-state index contributed by atoms with van der Waals surface area (Å²) in [7, 11) is 0. The van der Waals surface area contributed by atoms with Crippen molar-refractivity contribution in [3.8, 4) is 0 Å². The predicted octanol–water partition coefficient (Wildman–Crippen LogP) is 3.65. The van der Waals surface area contributed by atoms with E-state index in [1.54, 1.807) is 11.3 Å². The fraction of sp³-hybridized carbons (Fsp3) is 0.688. The number of hydrogen-bond acceptors (Lipinski definition) is 4. The summed E-state index contributed by atoms with van der Waals surface area (Å²) in [6.45, 7) is 9.27. The second-order valence-electron chi connectivity index (χ2n) is 6.20. The third-order valence-corrected chi connectivity index (χ3v) is 6.15. The minimum absolute atomic E-state index is 0.0328. The van der Waals surface area contributed by atoms with Gasteiger partial charge in [-0.25, -0.2) is 0 Å². The Bertz CT molecular complexity index is 502. The molecule has 0 aliphatic carbocycles. The van der Waals surface area contributed by atoms with E-state index in [0.717, 1.165) is 18.7 Å². The van der Waals surface area contributed by atoms with Gasteiger partial charge in [0.1, 0.15) is 6.17 Å². The average molecular weight is 327 g/mol. The van der Waals surface area contributed by atoms with E-state index >= 15 is 0 Å². The number of aryl methyl sites for hydroxylation is 1. The topological polar surface area (TPSA) is 32.3 Å². The second kappa shape index (κ2) is 6.71. The van der Waals surface area contributed by atoms with Crippen molar-refractivity contribution in [2.24, 2.45) is 5.92 Å². The molecule has 0 bridgehead atoms. The van der Waals surface area contributed by atoms with Gasteiger partial charge >= 0.3 is 0 Å². The van der Waals surface area contributed by atoms with Crippen LogP contribution in [-0.4, -0.2) is 34.9 Å². The van der Waals surface area contributed by atoms with Crippen LogP contribution in [0.15, 0.2) is 12.1 Å². The zero-order chi connectivity index (χ0) is 15.6. The van der Waals surface area contributed by atoms with E-state index in [4.69, 9.17) is 0 Å². The SMILES string of the molecule is CCC1(C)NC(c2ccc(C)s2)N(CC(C)CSC)C1=O. The first-order chi connectivity index (χ1) is 9.91. The normalized spacial score (nSPS) is 27.4. The van der Waals surface area contributed by atoms with Crippen LogP contribution in [0.4, 0.5) is 0 Å². The smallest absolute Gasteiger partial charge is 0.244 e. The van der Waals surface area contributed by atoms with Gasteiger partial charge in [0.2, 0.25) is 5.91 Å². The molecule has 3 nitrogen and oxygen atoms in total. The summed E-state index contributed by atoms with van der Waals surface area (Å²) in [5.41, 5.74) is -0.429. The zero-order valence-electron chi connectivity index (χ0n) is 13.6. The van der Waals surface area contributed by atoms with Gasteiger partial charge in [-0.3, -0.25) is 10.1 Å². The molecule has 2 heterocycles. The minimum atomic E-state index is -0.429. The molecular weight excluding hydrogens is 300 g/mol. The zero-order valence-corrected chi connectivity index (χ0v) is 15.2. The van der Waals surface area contributed by atoms with Gasteiger partial charge in [-0.1, -0.05) is 13.8 Å². The predicted molar refractivity (Wildman–Crippen MR) is 92.9 cm³/mol. The highest BCUT2D eigenvalue weighted by molar-refractivity contribution is 7.98. The largest absolute Gasteiger partial charge is 0.320 e. The van der Waals surface area contributed by atoms with E-state index < -0.39 is 5.54 Å². The Hall–Kier alpha value is -0.520. The van der Waals surface area contributed by atoms with Crippen LogP contribution in [0.5, 0.6) is 0 Å². The van der Waals surface area contributed by atoms with Crippen molar-refractivity contribution in [3.63, 3.8) is 0 Å². The van der Waals surface area contributed by atoms with Gasteiger partial charge in [0, 0.05) is 16.3 Å². The Morgan fingerprint density at radius 1 is 1.52 bits per heavy atom. The lowest BCUT2D eigenvalue weighted by Gasteiger charge is -2.26. The van der Waals surface area contributed by atoms with Crippen LogP contribution in [0.25, 0.3) is 0 Å². The van der Waals surface area contributed by atoms with Crippen LogP contribution in [-0.2, 0) is 4.79 Å². The molecule has 1 saturated heterocycles. The molecule has 21 heavy (non-hydrogen) atoms. The van der Waals surface area contributed by atoms with Crippen molar-refractivity contribution in [1.29, 1.82) is 0 Å². The second-order valence-corrected chi connectivity index (χ2v) is 8.43. The van der Waals surface area contributed by atoms with Crippen molar-refractivity contribution in [2.75, 3.05) is 18.6 Å². The lowest BCUT2D eigenvalue weighted by Crippen LogP contribution is -2.43. The molecule has 1 amide bonds. The first kappa shape index (κ1) is 16.8. The first-order valence-corrected chi connectivity index (χ1v) is 9.76. The van der Waals surface area contributed by atoms with Crippen LogP contribution in [0.2, 0.25) is 0 Å². The van der Waals surface area contributed by atoms with Gasteiger partial charge in [-0.15, -0.1) is 11.3 Å². The molecule has 0 saturated carbocycles. The molecule has 1 aliphatic rings. The summed E-state index contributed by atoms with van der Waals surface area (Å²) in [6, 6.07) is 4.29. The number of nitrogens with one attached hydrogen (secondary N) is 1. The van der Waals surface area contributed by atoms with Crippen LogP contribution in [0.3, 0.4) is 0 Å². The first-order valence-electron chi connectivity index (χ1n) is 7.55. The maximum absolute atomic E-state index is 12.8. The molecule has 1 aliphatic heterocycles. The molecule has 0 aromatic carbocycles. The number of carbonyl (C=O) groups is 1. The van der Waals surface area contributed by atoms with Crippen molar-refractivity contribution >= 4 is 29.0 Å². The summed E-state index contributed by atoms with van der Waals surface area (Å²) >= 11 is 3.63. The van der Waals surface area contributed by atoms with Gasteiger partial charge in [0.05, 0.1) is 5.54 Å². The molecule has 118 valence electrons. The number of amides is 1. The van der Waals surface area contributed by atoms with E-state index in [1.165, 1.54) is 9.75 Å². The third kappa shape index (κ3) is 3.46. The Kier molecular flexibility index (Phi) is 5.38. The lowest BCUT2D eigenvalue weighted by atomic mass is 9.99. The summed E-state index contributed by atoms with van der Waals surface area (Å²) in [5, 5.41) is 3.57. The molecule has 3 atom stereocenters. The van der Waals surface area contributed by atoms with E-state index in [2.05, 4.69) is 49.4 Å². The highest BCUT2D eigenvalue weighted by Gasteiger charge is 2.47. The number of nitrogens with zero attached hydrogens (tertiary/aromatic N) is 1. The van der Waals surface area contributed by atoms with Gasteiger partial charge < -0.3 is 4.90 Å². The van der Waals surface area contributed by atoms with Crippen LogP contribution in [0, 0.1) is 12.8 Å². The van der Waals surface area contributed by atoms with E-state index in [-0.39, 0.29) is 12.1 Å². The Labute approximate surface area is 136 Å². The van der Waals surface area contributed by atoms with E-state index in [1.807, 2.05) is 18.7 Å². The highest BCUT2D eigenvalue weighted by Crippen LogP contribution is 2.36. The van der Waals surface area contributed by atoms with Gasteiger partial charge in [-0.05, 0) is 50.3 Å². The number of carbonyl (C=O) groups excluding carboxylic acids is 1. The summed E-state index contributed by atoms with van der Waals surface area (Å²) < 4.78 is 0. The molecule has 3 unspecified atom stereocenters. The fourth-order valence-electron chi connectivity index (χ4n) is 2.82. The van der Waals surface area contributed by atoms with E-state index in [0.29, 0.717) is 5.92 Å². The number of rotatable bonds is 6.